The highest BCUT2D eigenvalue weighted by Gasteiger charge is 2.11. The van der Waals surface area contributed by atoms with Crippen molar-refractivity contribution < 1.29 is 4.79 Å². The molecule has 0 bridgehead atoms. The molecule has 0 aromatic rings. The molecule has 1 atom stereocenters. The van der Waals surface area contributed by atoms with E-state index in [1.807, 2.05) is 0 Å². The highest BCUT2D eigenvalue weighted by Crippen LogP contribution is 2.11. The standard InChI is InChI=1S/C6H12BrNO/c1-4(2)3-5(7)6(8)9/h4-5H,3H2,1-2H3,(H2,8,9)/t5-/m0/s1. The molecule has 0 fully saturated rings. The van der Waals surface area contributed by atoms with E-state index < -0.39 is 0 Å². The zero-order valence-electron chi connectivity index (χ0n) is 5.73. The fourth-order valence-electron chi connectivity index (χ4n) is 0.530. The molecule has 0 aromatic carbocycles. The molecule has 54 valence electrons. The molecule has 0 radical (unpaired) electrons. The molecule has 0 aliphatic heterocycles. The molecule has 0 aromatic heterocycles. The van der Waals surface area contributed by atoms with Gasteiger partial charge in [-0.1, -0.05) is 29.8 Å². The average molecular weight is 194 g/mol. The second kappa shape index (κ2) is 3.88. The van der Waals surface area contributed by atoms with Crippen LogP contribution in [0.5, 0.6) is 0 Å². The zero-order valence-corrected chi connectivity index (χ0v) is 7.31. The Labute approximate surface area is 63.9 Å². The Kier molecular flexibility index (Phi) is 3.86. The highest BCUT2D eigenvalue weighted by molar-refractivity contribution is 9.10. The first kappa shape index (κ1) is 8.95. The van der Waals surface area contributed by atoms with Crippen LogP contribution in [-0.2, 0) is 4.79 Å². The van der Waals surface area contributed by atoms with Gasteiger partial charge < -0.3 is 5.73 Å². The number of alkyl halides is 1. The van der Waals surface area contributed by atoms with Gasteiger partial charge in [-0.25, -0.2) is 0 Å². The topological polar surface area (TPSA) is 43.1 Å². The molecular weight excluding hydrogens is 182 g/mol. The van der Waals surface area contributed by atoms with Crippen LogP contribution in [0.25, 0.3) is 0 Å². The third-order valence-electron chi connectivity index (χ3n) is 0.987. The van der Waals surface area contributed by atoms with Gasteiger partial charge in [0, 0.05) is 0 Å². The molecule has 0 saturated heterocycles. The summed E-state index contributed by atoms with van der Waals surface area (Å²) in [7, 11) is 0. The van der Waals surface area contributed by atoms with Crippen LogP contribution in [0.1, 0.15) is 20.3 Å². The number of carbonyl (C=O) groups excluding carboxylic acids is 1. The van der Waals surface area contributed by atoms with Crippen molar-refractivity contribution in [2.75, 3.05) is 0 Å². The first-order valence-electron chi connectivity index (χ1n) is 2.97. The third kappa shape index (κ3) is 4.45. The molecule has 0 unspecified atom stereocenters. The molecule has 0 saturated carbocycles. The summed E-state index contributed by atoms with van der Waals surface area (Å²) in [4.78, 5) is 10.3. The summed E-state index contributed by atoms with van der Waals surface area (Å²) in [5, 5.41) is 0. The summed E-state index contributed by atoms with van der Waals surface area (Å²) < 4.78 is 0. The van der Waals surface area contributed by atoms with E-state index >= 15 is 0 Å². The van der Waals surface area contributed by atoms with Crippen molar-refractivity contribution in [1.82, 2.24) is 0 Å². The van der Waals surface area contributed by atoms with Gasteiger partial charge in [0.2, 0.25) is 5.91 Å². The van der Waals surface area contributed by atoms with Crippen LogP contribution in [0.2, 0.25) is 0 Å². The molecule has 0 heterocycles. The van der Waals surface area contributed by atoms with Crippen LogP contribution in [0.4, 0.5) is 0 Å². The Bertz CT molecular complexity index is 103. The van der Waals surface area contributed by atoms with Crippen molar-refractivity contribution in [2.45, 2.75) is 25.1 Å². The molecule has 3 heteroatoms. The summed E-state index contributed by atoms with van der Waals surface area (Å²) in [6.45, 7) is 4.11. The molecular formula is C6H12BrNO. The summed E-state index contributed by atoms with van der Waals surface area (Å²) in [5.74, 6) is 0.241. The van der Waals surface area contributed by atoms with Gasteiger partial charge in [0.05, 0.1) is 4.83 Å². The third-order valence-corrected chi connectivity index (χ3v) is 1.81. The quantitative estimate of drug-likeness (QED) is 0.675. The minimum atomic E-state index is -0.274. The fourth-order valence-corrected chi connectivity index (χ4v) is 1.28. The lowest BCUT2D eigenvalue weighted by Gasteiger charge is -2.06. The maximum Gasteiger partial charge on any atom is 0.231 e. The van der Waals surface area contributed by atoms with Crippen LogP contribution in [0.15, 0.2) is 0 Å². The number of halogens is 1. The van der Waals surface area contributed by atoms with Gasteiger partial charge in [-0.15, -0.1) is 0 Å². The maximum absolute atomic E-state index is 10.4. The number of nitrogens with two attached hydrogens (primary N) is 1. The monoisotopic (exact) mass is 193 g/mol. The van der Waals surface area contributed by atoms with Crippen LogP contribution in [0.3, 0.4) is 0 Å². The average Bonchev–Trinajstić information content (AvgIpc) is 1.63. The number of hydrogen-bond acceptors (Lipinski definition) is 1. The van der Waals surface area contributed by atoms with Crippen LogP contribution < -0.4 is 5.73 Å². The minimum absolute atomic E-state index is 0.155. The lowest BCUT2D eigenvalue weighted by molar-refractivity contribution is -0.117. The van der Waals surface area contributed by atoms with E-state index in [2.05, 4.69) is 29.8 Å². The van der Waals surface area contributed by atoms with Crippen molar-refractivity contribution in [3.8, 4) is 0 Å². The Morgan fingerprint density at radius 1 is 1.67 bits per heavy atom. The van der Waals surface area contributed by atoms with Crippen LogP contribution >= 0.6 is 15.9 Å². The Morgan fingerprint density at radius 3 is 2.22 bits per heavy atom. The summed E-state index contributed by atoms with van der Waals surface area (Å²) in [6.07, 6.45) is 0.815. The first-order chi connectivity index (χ1) is 4.04. The van der Waals surface area contributed by atoms with E-state index in [9.17, 15) is 4.79 Å². The van der Waals surface area contributed by atoms with E-state index in [4.69, 9.17) is 5.73 Å². The van der Waals surface area contributed by atoms with Gasteiger partial charge in [-0.3, -0.25) is 4.79 Å². The smallest absolute Gasteiger partial charge is 0.231 e. The minimum Gasteiger partial charge on any atom is -0.369 e. The predicted molar refractivity (Wildman–Crippen MR) is 41.4 cm³/mol. The van der Waals surface area contributed by atoms with Gasteiger partial charge in [-0.05, 0) is 12.3 Å². The lowest BCUT2D eigenvalue weighted by atomic mass is 10.1. The molecule has 0 aliphatic rings. The molecule has 0 aliphatic carbocycles. The normalized spacial score (nSPS) is 13.8. The molecule has 2 N–H and O–H groups in total. The van der Waals surface area contributed by atoms with Gasteiger partial charge in [0.1, 0.15) is 0 Å². The predicted octanol–water partition coefficient (Wildman–Crippen LogP) is 1.28. The van der Waals surface area contributed by atoms with E-state index in [0.29, 0.717) is 5.92 Å². The van der Waals surface area contributed by atoms with E-state index in [1.54, 1.807) is 0 Å². The fraction of sp³-hybridized carbons (Fsp3) is 0.833. The first-order valence-corrected chi connectivity index (χ1v) is 3.89. The second-order valence-corrected chi connectivity index (χ2v) is 3.60. The van der Waals surface area contributed by atoms with Crippen molar-refractivity contribution in [1.29, 1.82) is 0 Å². The van der Waals surface area contributed by atoms with Crippen molar-refractivity contribution in [3.05, 3.63) is 0 Å². The zero-order chi connectivity index (χ0) is 7.44. The molecule has 0 rings (SSSR count). The van der Waals surface area contributed by atoms with Crippen molar-refractivity contribution in [3.63, 3.8) is 0 Å². The van der Waals surface area contributed by atoms with Crippen LogP contribution in [-0.4, -0.2) is 10.7 Å². The van der Waals surface area contributed by atoms with Gasteiger partial charge in [0.15, 0.2) is 0 Å². The van der Waals surface area contributed by atoms with Crippen LogP contribution in [0, 0.1) is 5.92 Å². The highest BCUT2D eigenvalue weighted by atomic mass is 79.9. The SMILES string of the molecule is CC(C)C[C@H](Br)C(N)=O. The van der Waals surface area contributed by atoms with E-state index in [1.165, 1.54) is 0 Å². The molecule has 2 nitrogen and oxygen atoms in total. The molecule has 1 amide bonds. The van der Waals surface area contributed by atoms with E-state index in [0.717, 1.165) is 6.42 Å². The number of hydrogen-bond donors (Lipinski definition) is 1. The Balaban J connectivity index is 3.50. The number of amides is 1. The number of primary amides is 1. The second-order valence-electron chi connectivity index (χ2n) is 2.50. The summed E-state index contributed by atoms with van der Waals surface area (Å²) in [6, 6.07) is 0. The van der Waals surface area contributed by atoms with Gasteiger partial charge >= 0.3 is 0 Å². The van der Waals surface area contributed by atoms with E-state index in [-0.39, 0.29) is 10.7 Å². The van der Waals surface area contributed by atoms with Crippen molar-refractivity contribution in [2.24, 2.45) is 11.7 Å². The maximum atomic E-state index is 10.4. The Morgan fingerprint density at radius 2 is 2.11 bits per heavy atom. The Hall–Kier alpha value is -0.0500. The van der Waals surface area contributed by atoms with Gasteiger partial charge in [0.25, 0.3) is 0 Å². The van der Waals surface area contributed by atoms with Gasteiger partial charge in [-0.2, -0.15) is 0 Å². The number of carbonyl (C=O) groups is 1. The van der Waals surface area contributed by atoms with Crippen molar-refractivity contribution >= 4 is 21.8 Å². The molecule has 0 spiro atoms. The summed E-state index contributed by atoms with van der Waals surface area (Å²) >= 11 is 3.17. The lowest BCUT2D eigenvalue weighted by Crippen LogP contribution is -2.24. The molecule has 9 heavy (non-hydrogen) atoms. The summed E-state index contributed by atoms with van der Waals surface area (Å²) in [5.41, 5.74) is 5.00. The largest absolute Gasteiger partial charge is 0.369 e. The number of rotatable bonds is 3.